The smallest absolute Gasteiger partial charge is 0.192 e. The largest absolute Gasteiger partial charge is 0.497 e. The second-order valence-electron chi connectivity index (χ2n) is 11.7. The minimum absolute atomic E-state index is 0.0752. The molecule has 0 amide bonds. The first-order valence-electron chi connectivity index (χ1n) is 12.9. The van der Waals surface area contributed by atoms with E-state index in [9.17, 15) is 0 Å². The van der Waals surface area contributed by atoms with Crippen molar-refractivity contribution in [1.29, 1.82) is 0 Å². The highest BCUT2D eigenvalue weighted by atomic mass is 28.4. The van der Waals surface area contributed by atoms with Gasteiger partial charge in [-0.25, -0.2) is 4.39 Å². The summed E-state index contributed by atoms with van der Waals surface area (Å²) in [4.78, 5) is 0. The Bertz CT molecular complexity index is 875. The van der Waals surface area contributed by atoms with E-state index in [1.54, 1.807) is 19.3 Å². The van der Waals surface area contributed by atoms with E-state index in [1.165, 1.54) is 0 Å². The van der Waals surface area contributed by atoms with Gasteiger partial charge in [-0.15, -0.1) is 6.58 Å². The van der Waals surface area contributed by atoms with Crippen LogP contribution in [0.1, 0.15) is 60.5 Å². The molecule has 1 aliphatic rings. The Kier molecular flexibility index (Phi) is 10.5. The van der Waals surface area contributed by atoms with Gasteiger partial charge >= 0.3 is 0 Å². The summed E-state index contributed by atoms with van der Waals surface area (Å²) in [5, 5.41) is 0.0752. The van der Waals surface area contributed by atoms with Crippen LogP contribution in [-0.4, -0.2) is 45.6 Å². The predicted octanol–water partition coefficient (Wildman–Crippen LogP) is 7.58. The van der Waals surface area contributed by atoms with Crippen molar-refractivity contribution in [3.8, 4) is 5.75 Å². The molecule has 5 atom stereocenters. The van der Waals surface area contributed by atoms with Crippen molar-refractivity contribution in [1.82, 2.24) is 0 Å². The van der Waals surface area contributed by atoms with Crippen molar-refractivity contribution < 1.29 is 27.8 Å². The normalized spacial score (nSPS) is 23.2. The van der Waals surface area contributed by atoms with Crippen LogP contribution >= 0.6 is 0 Å². The number of halogens is 1. The summed E-state index contributed by atoms with van der Waals surface area (Å²) in [5.41, 5.74) is 0.912. The van der Waals surface area contributed by atoms with E-state index >= 15 is 4.39 Å². The Morgan fingerprint density at radius 1 is 1.17 bits per heavy atom. The predicted molar refractivity (Wildman–Crippen MR) is 146 cm³/mol. The molecule has 0 spiro atoms. The van der Waals surface area contributed by atoms with E-state index in [2.05, 4.69) is 40.4 Å². The summed E-state index contributed by atoms with van der Waals surface area (Å²) in [7, 11) is -0.369. The van der Waals surface area contributed by atoms with Gasteiger partial charge in [0.25, 0.3) is 0 Å². The summed E-state index contributed by atoms with van der Waals surface area (Å²) >= 11 is 0. The number of hydrogen-bond acceptors (Lipinski definition) is 5. The van der Waals surface area contributed by atoms with E-state index < -0.39 is 26.3 Å². The number of ether oxygens (including phenoxy) is 4. The number of benzene rings is 1. The number of methoxy groups -OCH3 is 1. The van der Waals surface area contributed by atoms with Crippen LogP contribution in [0.25, 0.3) is 0 Å². The topological polar surface area (TPSA) is 46.2 Å². The molecule has 1 aromatic carbocycles. The zero-order chi connectivity index (χ0) is 27.3. The van der Waals surface area contributed by atoms with Gasteiger partial charge in [-0.05, 0) is 69.1 Å². The first-order chi connectivity index (χ1) is 16.6. The minimum atomic E-state index is -1.99. The van der Waals surface area contributed by atoms with Crippen LogP contribution in [-0.2, 0) is 25.2 Å². The molecule has 204 valence electrons. The second kappa shape index (κ2) is 12.4. The molecule has 1 aromatic rings. The highest BCUT2D eigenvalue weighted by Gasteiger charge is 2.47. The van der Waals surface area contributed by atoms with Gasteiger partial charge in [0.1, 0.15) is 23.8 Å². The lowest BCUT2D eigenvalue weighted by molar-refractivity contribution is -0.158. The Morgan fingerprint density at radius 2 is 1.78 bits per heavy atom. The van der Waals surface area contributed by atoms with E-state index in [-0.39, 0.29) is 35.6 Å². The third-order valence-electron chi connectivity index (χ3n) is 7.23. The monoisotopic (exact) mass is 522 g/mol. The molecular formula is C29H47FO5Si. The van der Waals surface area contributed by atoms with Crippen molar-refractivity contribution in [2.45, 2.75) is 110 Å². The fourth-order valence-electron chi connectivity index (χ4n) is 3.94. The highest BCUT2D eigenvalue weighted by Crippen LogP contribution is 2.39. The van der Waals surface area contributed by atoms with Crippen LogP contribution in [0.2, 0.25) is 18.1 Å². The zero-order valence-corrected chi connectivity index (χ0v) is 24.9. The van der Waals surface area contributed by atoms with Gasteiger partial charge < -0.3 is 23.4 Å². The molecule has 1 fully saturated rings. The van der Waals surface area contributed by atoms with Crippen molar-refractivity contribution in [3.63, 3.8) is 0 Å². The molecule has 1 saturated heterocycles. The first-order valence-corrected chi connectivity index (χ1v) is 15.8. The molecule has 1 aliphatic heterocycles. The van der Waals surface area contributed by atoms with Crippen LogP contribution in [0.5, 0.6) is 5.75 Å². The molecular weight excluding hydrogens is 475 g/mol. The molecule has 2 rings (SSSR count). The molecule has 0 radical (unpaired) electrons. The van der Waals surface area contributed by atoms with Gasteiger partial charge in [-0.2, -0.15) is 0 Å². The maximum atomic E-state index is 16.0. The Balaban J connectivity index is 2.29. The molecule has 0 saturated carbocycles. The third kappa shape index (κ3) is 8.25. The van der Waals surface area contributed by atoms with Crippen LogP contribution in [0.4, 0.5) is 4.39 Å². The van der Waals surface area contributed by atoms with Gasteiger partial charge in [-0.3, -0.25) is 0 Å². The van der Waals surface area contributed by atoms with E-state index in [4.69, 9.17) is 23.4 Å². The van der Waals surface area contributed by atoms with E-state index in [0.717, 1.165) is 11.3 Å². The lowest BCUT2D eigenvalue weighted by Crippen LogP contribution is -2.44. The summed E-state index contributed by atoms with van der Waals surface area (Å²) in [6.07, 6.45) is 1.87. The van der Waals surface area contributed by atoms with E-state index in [1.807, 2.05) is 52.0 Å². The average Bonchev–Trinajstić information content (AvgIpc) is 3.07. The van der Waals surface area contributed by atoms with Gasteiger partial charge in [0.15, 0.2) is 14.1 Å². The quantitative estimate of drug-likeness (QED) is 0.209. The molecule has 36 heavy (non-hydrogen) atoms. The maximum absolute atomic E-state index is 16.0. The molecule has 1 heterocycles. The third-order valence-corrected chi connectivity index (χ3v) is 11.8. The standard InChI is InChI=1S/C29H47FO5Si/c1-12-13-25-27(34-29(7,8)33-25)26(32-19-22-14-16-23(31-9)17-15-22)24(30)18-20(2)21(3)35-36(10,11)28(4,5)6/h12,14-18,20-21,25-27H,1,13,19H2,2-11H3/t20-,21-,25+,26-,27+/m1/s1. The summed E-state index contributed by atoms with van der Waals surface area (Å²) < 4.78 is 46.2. The zero-order valence-electron chi connectivity index (χ0n) is 23.9. The molecule has 0 bridgehead atoms. The summed E-state index contributed by atoms with van der Waals surface area (Å²) in [5.74, 6) is -0.613. The second-order valence-corrected chi connectivity index (χ2v) is 16.5. The molecule has 0 N–H and O–H groups in total. The number of hydrogen-bond donors (Lipinski definition) is 0. The molecule has 0 aromatic heterocycles. The SMILES string of the molecule is C=CC[C@@H]1OC(C)(C)O[C@@H]1[C@H](OCc1ccc(OC)cc1)C(F)=C[C@@H](C)[C@@H](C)O[Si](C)(C)C(C)(C)C. The fourth-order valence-corrected chi connectivity index (χ4v) is 5.43. The van der Waals surface area contributed by atoms with Gasteiger partial charge in [-0.1, -0.05) is 45.9 Å². The van der Waals surface area contributed by atoms with Gasteiger partial charge in [0.2, 0.25) is 0 Å². The Hall–Kier alpha value is -1.51. The molecule has 7 heteroatoms. The van der Waals surface area contributed by atoms with Gasteiger partial charge in [0.05, 0.1) is 19.8 Å². The molecule has 0 aliphatic carbocycles. The van der Waals surface area contributed by atoms with Crippen LogP contribution in [0.15, 0.2) is 48.8 Å². The number of rotatable bonds is 12. The van der Waals surface area contributed by atoms with Crippen molar-refractivity contribution in [2.24, 2.45) is 5.92 Å². The Morgan fingerprint density at radius 3 is 2.31 bits per heavy atom. The van der Waals surface area contributed by atoms with Gasteiger partial charge in [0, 0.05) is 12.0 Å². The van der Waals surface area contributed by atoms with E-state index in [0.29, 0.717) is 6.42 Å². The van der Waals surface area contributed by atoms with Crippen LogP contribution in [0, 0.1) is 5.92 Å². The summed E-state index contributed by atoms with van der Waals surface area (Å²) in [6.45, 7) is 22.8. The fraction of sp³-hybridized carbons (Fsp3) is 0.655. The lowest BCUT2D eigenvalue weighted by atomic mass is 9.99. The minimum Gasteiger partial charge on any atom is -0.497 e. The van der Waals surface area contributed by atoms with Crippen LogP contribution < -0.4 is 4.74 Å². The molecule has 5 nitrogen and oxygen atoms in total. The first kappa shape index (κ1) is 30.7. The van der Waals surface area contributed by atoms with Crippen molar-refractivity contribution >= 4 is 8.32 Å². The van der Waals surface area contributed by atoms with Crippen molar-refractivity contribution in [2.75, 3.05) is 7.11 Å². The Labute approximate surface area is 219 Å². The highest BCUT2D eigenvalue weighted by molar-refractivity contribution is 6.74. The lowest BCUT2D eigenvalue weighted by Gasteiger charge is -2.39. The van der Waals surface area contributed by atoms with Crippen molar-refractivity contribution in [3.05, 3.63) is 54.4 Å². The molecule has 0 unspecified atom stereocenters. The van der Waals surface area contributed by atoms with Crippen LogP contribution in [0.3, 0.4) is 0 Å². The average molecular weight is 523 g/mol. The maximum Gasteiger partial charge on any atom is 0.192 e. The summed E-state index contributed by atoms with van der Waals surface area (Å²) in [6, 6.07) is 7.54.